The Morgan fingerprint density at radius 3 is 2.27 bits per heavy atom. The maximum Gasteiger partial charge on any atom is 0.248 e. The van der Waals surface area contributed by atoms with Gasteiger partial charge in [0.1, 0.15) is 6.04 Å². The quantitative estimate of drug-likeness (QED) is 0.535. The number of halogens is 1. The monoisotopic (exact) mass is 460 g/mol. The lowest BCUT2D eigenvalue weighted by Crippen LogP contribution is -2.49. The Morgan fingerprint density at radius 1 is 1.03 bits per heavy atom. The van der Waals surface area contributed by atoms with Crippen molar-refractivity contribution < 1.29 is 14.4 Å². The molecule has 1 N–H and O–H groups in total. The lowest BCUT2D eigenvalue weighted by atomic mass is 9.63. The SMILES string of the molecule is Cc1ccc(NC(=O)C(Cc2ccccc2)N2C(=O)C3C4C=CC(C5CC45)C3C2=O)cc1Cl. The molecule has 7 unspecified atom stereocenters. The molecule has 0 aromatic heterocycles. The zero-order chi connectivity index (χ0) is 22.9. The molecule has 1 aliphatic heterocycles. The summed E-state index contributed by atoms with van der Waals surface area (Å²) in [5.41, 5.74) is 2.36. The number of hydrogen-bond acceptors (Lipinski definition) is 3. The van der Waals surface area contributed by atoms with Gasteiger partial charge in [-0.2, -0.15) is 0 Å². The van der Waals surface area contributed by atoms with Gasteiger partial charge in [-0.15, -0.1) is 0 Å². The summed E-state index contributed by atoms with van der Waals surface area (Å²) in [4.78, 5) is 42.1. The van der Waals surface area contributed by atoms with Crippen molar-refractivity contribution in [3.05, 3.63) is 76.8 Å². The number of likely N-dealkylation sites (tertiary alicyclic amines) is 1. The third kappa shape index (κ3) is 3.24. The second-order valence-corrected chi connectivity index (χ2v) is 10.3. The molecule has 168 valence electrons. The average Bonchev–Trinajstić information content (AvgIpc) is 3.59. The van der Waals surface area contributed by atoms with Crippen LogP contribution in [0, 0.1) is 42.4 Å². The third-order valence-corrected chi connectivity index (χ3v) is 8.43. The molecular formula is C27H25ClN2O3. The van der Waals surface area contributed by atoms with Crippen LogP contribution in [0.15, 0.2) is 60.7 Å². The van der Waals surface area contributed by atoms with Gasteiger partial charge in [-0.3, -0.25) is 19.3 Å². The van der Waals surface area contributed by atoms with Crippen molar-refractivity contribution >= 4 is 35.0 Å². The van der Waals surface area contributed by atoms with Crippen molar-refractivity contribution in [2.24, 2.45) is 35.5 Å². The molecule has 1 saturated heterocycles. The number of carbonyl (C=O) groups excluding carboxylic acids is 3. The third-order valence-electron chi connectivity index (χ3n) is 8.02. The van der Waals surface area contributed by atoms with Crippen molar-refractivity contribution in [1.82, 2.24) is 4.90 Å². The van der Waals surface area contributed by atoms with E-state index in [0.29, 0.717) is 22.5 Å². The number of anilines is 1. The molecule has 1 heterocycles. The number of imide groups is 1. The molecule has 7 rings (SSSR count). The first-order valence-corrected chi connectivity index (χ1v) is 12.0. The maximum absolute atomic E-state index is 13.7. The fourth-order valence-electron chi connectivity index (χ4n) is 6.32. The molecule has 2 saturated carbocycles. The summed E-state index contributed by atoms with van der Waals surface area (Å²) >= 11 is 6.24. The highest BCUT2D eigenvalue weighted by molar-refractivity contribution is 6.31. The predicted octanol–water partition coefficient (Wildman–Crippen LogP) is 4.25. The van der Waals surface area contributed by atoms with Crippen LogP contribution < -0.4 is 5.32 Å². The number of allylic oxidation sites excluding steroid dienone is 2. The Hall–Kier alpha value is -2.92. The molecule has 3 amide bonds. The van der Waals surface area contributed by atoms with Crippen molar-refractivity contribution in [2.45, 2.75) is 25.8 Å². The van der Waals surface area contributed by atoms with Gasteiger partial charge in [-0.25, -0.2) is 0 Å². The number of benzene rings is 2. The van der Waals surface area contributed by atoms with E-state index in [1.807, 2.05) is 43.3 Å². The van der Waals surface area contributed by atoms with Crippen LogP contribution in [0.5, 0.6) is 0 Å². The molecule has 4 aliphatic carbocycles. The molecule has 2 aromatic rings. The molecule has 33 heavy (non-hydrogen) atoms. The van der Waals surface area contributed by atoms with Gasteiger partial charge in [0.25, 0.3) is 0 Å². The van der Waals surface area contributed by atoms with E-state index in [-0.39, 0.29) is 47.8 Å². The van der Waals surface area contributed by atoms with E-state index in [4.69, 9.17) is 11.6 Å². The predicted molar refractivity (Wildman–Crippen MR) is 125 cm³/mol. The Balaban J connectivity index is 1.33. The van der Waals surface area contributed by atoms with Gasteiger partial charge in [-0.1, -0.05) is 60.2 Å². The van der Waals surface area contributed by atoms with E-state index in [1.165, 1.54) is 4.90 Å². The molecule has 5 nitrogen and oxygen atoms in total. The highest BCUT2D eigenvalue weighted by Gasteiger charge is 2.67. The van der Waals surface area contributed by atoms with E-state index in [1.54, 1.807) is 12.1 Å². The fraction of sp³-hybridized carbons (Fsp3) is 0.370. The standard InChI is InChI=1S/C27H25ClN2O3/c1-14-7-8-16(12-21(14)28)29-25(31)22(11-15-5-3-2-4-6-15)30-26(32)23-17-9-10-18(20-13-19(17)20)24(23)27(30)33/h2-10,12,17-20,22-24H,11,13H2,1H3,(H,29,31). The maximum atomic E-state index is 13.7. The second kappa shape index (κ2) is 7.56. The van der Waals surface area contributed by atoms with Gasteiger partial charge in [0.05, 0.1) is 11.8 Å². The van der Waals surface area contributed by atoms with Crippen molar-refractivity contribution in [2.75, 3.05) is 5.32 Å². The van der Waals surface area contributed by atoms with Gasteiger partial charge in [0, 0.05) is 17.1 Å². The largest absolute Gasteiger partial charge is 0.324 e. The second-order valence-electron chi connectivity index (χ2n) is 9.86. The van der Waals surface area contributed by atoms with E-state index in [9.17, 15) is 14.4 Å². The number of carbonyl (C=O) groups is 3. The lowest BCUT2D eigenvalue weighted by Gasteiger charge is -2.37. The van der Waals surface area contributed by atoms with Crippen LogP contribution in [0.3, 0.4) is 0 Å². The van der Waals surface area contributed by atoms with Crippen LogP contribution in [-0.2, 0) is 20.8 Å². The summed E-state index contributed by atoms with van der Waals surface area (Å²) < 4.78 is 0. The summed E-state index contributed by atoms with van der Waals surface area (Å²) in [7, 11) is 0. The summed E-state index contributed by atoms with van der Waals surface area (Å²) in [6.45, 7) is 1.89. The minimum absolute atomic E-state index is 0.128. The Kier molecular flexibility index (Phi) is 4.73. The minimum atomic E-state index is -0.909. The number of nitrogens with zero attached hydrogens (tertiary/aromatic N) is 1. The first-order chi connectivity index (χ1) is 15.9. The highest BCUT2D eigenvalue weighted by Crippen LogP contribution is 2.65. The van der Waals surface area contributed by atoms with E-state index in [0.717, 1.165) is 17.5 Å². The summed E-state index contributed by atoms with van der Waals surface area (Å²) in [5.74, 6) is -0.0917. The molecule has 6 heteroatoms. The highest BCUT2D eigenvalue weighted by atomic mass is 35.5. The van der Waals surface area contributed by atoms with E-state index < -0.39 is 6.04 Å². The van der Waals surface area contributed by atoms with Crippen LogP contribution in [0.4, 0.5) is 5.69 Å². The van der Waals surface area contributed by atoms with Crippen LogP contribution in [0.2, 0.25) is 5.02 Å². The summed E-state index contributed by atoms with van der Waals surface area (Å²) in [6, 6.07) is 13.9. The molecule has 2 aromatic carbocycles. The first-order valence-electron chi connectivity index (χ1n) is 11.6. The average molecular weight is 461 g/mol. The molecule has 7 atom stereocenters. The number of nitrogens with one attached hydrogen (secondary N) is 1. The van der Waals surface area contributed by atoms with Crippen LogP contribution in [0.1, 0.15) is 17.5 Å². The Bertz CT molecular complexity index is 1160. The number of hydrogen-bond donors (Lipinski definition) is 1. The van der Waals surface area contributed by atoms with E-state index in [2.05, 4.69) is 17.5 Å². The zero-order valence-electron chi connectivity index (χ0n) is 18.3. The van der Waals surface area contributed by atoms with Crippen LogP contribution in [-0.4, -0.2) is 28.7 Å². The molecule has 0 radical (unpaired) electrons. The Morgan fingerprint density at radius 2 is 1.67 bits per heavy atom. The molecule has 5 aliphatic rings. The number of aryl methyl sites for hydroxylation is 1. The van der Waals surface area contributed by atoms with Crippen molar-refractivity contribution in [3.8, 4) is 0 Å². The normalized spacial score (nSPS) is 31.9. The van der Waals surface area contributed by atoms with Gasteiger partial charge in [0.2, 0.25) is 17.7 Å². The van der Waals surface area contributed by atoms with Gasteiger partial charge in [-0.05, 0) is 60.3 Å². The number of rotatable bonds is 5. The Labute approximate surface area is 197 Å². The van der Waals surface area contributed by atoms with Gasteiger partial charge < -0.3 is 5.32 Å². The molecule has 2 bridgehead atoms. The zero-order valence-corrected chi connectivity index (χ0v) is 19.0. The molecular weight excluding hydrogens is 436 g/mol. The molecule has 0 spiro atoms. The fourth-order valence-corrected chi connectivity index (χ4v) is 6.50. The van der Waals surface area contributed by atoms with Crippen molar-refractivity contribution in [3.63, 3.8) is 0 Å². The topological polar surface area (TPSA) is 66.5 Å². The number of amides is 3. The van der Waals surface area contributed by atoms with Gasteiger partial charge >= 0.3 is 0 Å². The van der Waals surface area contributed by atoms with Crippen LogP contribution >= 0.6 is 11.6 Å². The van der Waals surface area contributed by atoms with Gasteiger partial charge in [0.15, 0.2) is 0 Å². The first kappa shape index (κ1) is 20.7. The smallest absolute Gasteiger partial charge is 0.248 e. The summed E-state index contributed by atoms with van der Waals surface area (Å²) in [6.07, 6.45) is 5.68. The van der Waals surface area contributed by atoms with Crippen LogP contribution in [0.25, 0.3) is 0 Å². The van der Waals surface area contributed by atoms with Crippen molar-refractivity contribution in [1.29, 1.82) is 0 Å². The van der Waals surface area contributed by atoms with E-state index >= 15 is 0 Å². The molecule has 3 fully saturated rings. The minimum Gasteiger partial charge on any atom is -0.324 e. The lowest BCUT2D eigenvalue weighted by molar-refractivity contribution is -0.146. The summed E-state index contributed by atoms with van der Waals surface area (Å²) in [5, 5.41) is 3.45.